The molecule has 1 aromatic carbocycles. The maximum atomic E-state index is 14.6. The van der Waals surface area contributed by atoms with Crippen molar-refractivity contribution >= 4 is 45.9 Å². The Balaban J connectivity index is 1.18. The molecule has 6 bridgehead atoms. The fourth-order valence-corrected chi connectivity index (χ4v) is 9.33. The molecule has 0 spiro atoms. The van der Waals surface area contributed by atoms with Gasteiger partial charge in [-0.25, -0.2) is 18.0 Å². The van der Waals surface area contributed by atoms with Crippen LogP contribution >= 0.6 is 0 Å². The molecule has 280 valence electrons. The molecule has 4 aliphatic heterocycles. The molecule has 6 aliphatic rings. The summed E-state index contributed by atoms with van der Waals surface area (Å²) in [6.45, 7) is 10.9. The third-order valence-electron chi connectivity index (χ3n) is 11.4. The minimum atomic E-state index is -3.90. The van der Waals surface area contributed by atoms with Crippen molar-refractivity contribution in [3.63, 3.8) is 0 Å². The summed E-state index contributed by atoms with van der Waals surface area (Å²) in [6.07, 6.45) is 6.81. The van der Waals surface area contributed by atoms with Crippen molar-refractivity contribution in [1.82, 2.24) is 30.1 Å². The molecule has 14 nitrogen and oxygen atoms in total. The molecule has 1 aromatic rings. The molecule has 6 amide bonds. The van der Waals surface area contributed by atoms with Gasteiger partial charge >= 0.3 is 12.1 Å². The Morgan fingerprint density at radius 1 is 1.08 bits per heavy atom. The van der Waals surface area contributed by atoms with Crippen LogP contribution in [0.1, 0.15) is 76.0 Å². The van der Waals surface area contributed by atoms with E-state index in [2.05, 4.69) is 34.1 Å². The van der Waals surface area contributed by atoms with Gasteiger partial charge in [0.2, 0.25) is 21.8 Å². The summed E-state index contributed by atoms with van der Waals surface area (Å²) in [7, 11) is -3.90. The highest BCUT2D eigenvalue weighted by Gasteiger charge is 2.62. The molecule has 7 rings (SSSR count). The first-order valence-electron chi connectivity index (χ1n) is 18.2. The van der Waals surface area contributed by atoms with E-state index in [1.807, 2.05) is 39.0 Å². The van der Waals surface area contributed by atoms with E-state index in [0.29, 0.717) is 39.0 Å². The van der Waals surface area contributed by atoms with Crippen LogP contribution in [0.4, 0.5) is 9.59 Å². The van der Waals surface area contributed by atoms with Gasteiger partial charge in [-0.05, 0) is 60.1 Å². The topological polar surface area (TPSA) is 175 Å². The molecule has 4 heterocycles. The minimum Gasteiger partial charge on any atom is -0.444 e. The maximum Gasteiger partial charge on any atom is 0.410 e. The van der Waals surface area contributed by atoms with Gasteiger partial charge in [-0.1, -0.05) is 57.2 Å². The van der Waals surface area contributed by atoms with Gasteiger partial charge < -0.3 is 25.2 Å². The molecule has 15 heteroatoms. The van der Waals surface area contributed by atoms with Gasteiger partial charge in [-0.2, -0.15) is 0 Å². The third-order valence-corrected chi connectivity index (χ3v) is 13.2. The Morgan fingerprint density at radius 3 is 2.54 bits per heavy atom. The Bertz CT molecular complexity index is 1840. The number of carbonyl (C=O) groups excluding carboxylic acids is 5. The second-order valence-corrected chi connectivity index (χ2v) is 18.2. The Hall–Kier alpha value is -4.40. The first-order valence-corrected chi connectivity index (χ1v) is 19.7. The lowest BCUT2D eigenvalue weighted by Crippen LogP contribution is -2.61. The van der Waals surface area contributed by atoms with Crippen LogP contribution in [0, 0.1) is 17.3 Å². The predicted octanol–water partition coefficient (Wildman–Crippen LogP) is 2.64. The first-order chi connectivity index (χ1) is 24.6. The van der Waals surface area contributed by atoms with Crippen molar-refractivity contribution in [2.24, 2.45) is 17.3 Å². The third kappa shape index (κ3) is 6.91. The van der Waals surface area contributed by atoms with Gasteiger partial charge in [0.05, 0.1) is 18.3 Å². The van der Waals surface area contributed by atoms with Gasteiger partial charge in [0.1, 0.15) is 23.7 Å². The van der Waals surface area contributed by atoms with Crippen molar-refractivity contribution in [2.75, 3.05) is 19.6 Å². The van der Waals surface area contributed by atoms with Crippen LogP contribution < -0.4 is 15.4 Å². The number of hydrogen-bond donors (Lipinski definition) is 3. The lowest BCUT2D eigenvalue weighted by molar-refractivity contribution is -0.142. The molecule has 4 fully saturated rings. The summed E-state index contributed by atoms with van der Waals surface area (Å²) in [5.41, 5.74) is 0.722. The fourth-order valence-electron chi connectivity index (χ4n) is 7.97. The van der Waals surface area contributed by atoms with Crippen molar-refractivity contribution in [3.8, 4) is 0 Å². The largest absolute Gasteiger partial charge is 0.444 e. The molecule has 2 aliphatic carbocycles. The van der Waals surface area contributed by atoms with Crippen molar-refractivity contribution in [3.05, 3.63) is 53.6 Å². The Labute approximate surface area is 304 Å². The SMILES string of the molecule is C=CC1C[C@]1(NC(=O)[C@@H]1C[C@@H]2CN1C(=O)[C@H](C(C)(C)C)NC(=O)N1CC[C@H](CC=Cc3cccc4c3CN(C4)C(=O)O2)C1)C(=O)NS(=O)(=O)C1CC1. The molecule has 2 saturated carbocycles. The summed E-state index contributed by atoms with van der Waals surface area (Å²) in [4.78, 5) is 74.2. The number of amides is 6. The molecule has 3 N–H and O–H groups in total. The van der Waals surface area contributed by atoms with Crippen LogP contribution in [-0.2, 0) is 42.2 Å². The van der Waals surface area contributed by atoms with Crippen molar-refractivity contribution < 1.29 is 37.1 Å². The second kappa shape index (κ2) is 13.2. The number of carbonyl (C=O) groups is 5. The number of rotatable bonds is 6. The van der Waals surface area contributed by atoms with Crippen LogP contribution in [0.3, 0.4) is 0 Å². The summed E-state index contributed by atoms with van der Waals surface area (Å²) < 4.78 is 33.5. The van der Waals surface area contributed by atoms with Gasteiger partial charge in [-0.15, -0.1) is 6.58 Å². The van der Waals surface area contributed by atoms with Crippen LogP contribution in [0.15, 0.2) is 36.9 Å². The van der Waals surface area contributed by atoms with Gasteiger partial charge in [0.15, 0.2) is 0 Å². The van der Waals surface area contributed by atoms with Crippen LogP contribution in [0.25, 0.3) is 6.08 Å². The monoisotopic (exact) mass is 736 g/mol. The van der Waals surface area contributed by atoms with Crippen LogP contribution in [0.5, 0.6) is 0 Å². The molecule has 6 atom stereocenters. The van der Waals surface area contributed by atoms with Crippen molar-refractivity contribution in [1.29, 1.82) is 0 Å². The highest BCUT2D eigenvalue weighted by Crippen LogP contribution is 2.45. The average molecular weight is 737 g/mol. The number of sulfonamides is 1. The molecule has 52 heavy (non-hydrogen) atoms. The fraction of sp³-hybridized carbons (Fsp3) is 0.595. The van der Waals surface area contributed by atoms with E-state index in [4.69, 9.17) is 4.74 Å². The molecular formula is C37H48N6O8S. The lowest BCUT2D eigenvalue weighted by Gasteiger charge is -2.36. The highest BCUT2D eigenvalue weighted by atomic mass is 32.2. The number of benzene rings is 1. The normalized spacial score (nSPS) is 30.6. The van der Waals surface area contributed by atoms with E-state index < -0.39 is 74.1 Å². The Morgan fingerprint density at radius 2 is 1.85 bits per heavy atom. The minimum absolute atomic E-state index is 0.0620. The van der Waals surface area contributed by atoms with Gasteiger partial charge in [0.25, 0.3) is 5.91 Å². The summed E-state index contributed by atoms with van der Waals surface area (Å²) >= 11 is 0. The Kier molecular flexibility index (Phi) is 9.15. The summed E-state index contributed by atoms with van der Waals surface area (Å²) in [6, 6.07) is 3.36. The number of ether oxygens (including phenoxy) is 1. The number of nitrogens with one attached hydrogen (secondary N) is 3. The molecule has 0 aromatic heterocycles. The number of hydrogen-bond acceptors (Lipinski definition) is 8. The van der Waals surface area contributed by atoms with E-state index >= 15 is 0 Å². The molecular weight excluding hydrogens is 689 g/mol. The average Bonchev–Trinajstić information content (AvgIpc) is 3.89. The van der Waals surface area contributed by atoms with E-state index in [0.717, 1.165) is 29.5 Å². The zero-order valence-electron chi connectivity index (χ0n) is 29.9. The zero-order chi connectivity index (χ0) is 37.2. The number of nitrogens with zero attached hydrogens (tertiary/aromatic N) is 3. The quantitative estimate of drug-likeness (QED) is 0.374. The van der Waals surface area contributed by atoms with E-state index in [1.165, 1.54) is 11.0 Å². The molecule has 0 radical (unpaired) electrons. The van der Waals surface area contributed by atoms with Crippen LogP contribution in [-0.4, -0.2) is 102 Å². The van der Waals surface area contributed by atoms with Crippen molar-refractivity contribution in [2.45, 2.75) is 101 Å². The van der Waals surface area contributed by atoms with E-state index in [-0.39, 0.29) is 31.3 Å². The van der Waals surface area contributed by atoms with Gasteiger partial charge in [-0.3, -0.25) is 24.0 Å². The molecule has 2 saturated heterocycles. The molecule has 1 unspecified atom stereocenters. The smallest absolute Gasteiger partial charge is 0.410 e. The zero-order valence-corrected chi connectivity index (χ0v) is 30.7. The maximum absolute atomic E-state index is 14.6. The lowest BCUT2D eigenvalue weighted by atomic mass is 9.85. The van der Waals surface area contributed by atoms with Crippen LogP contribution in [0.2, 0.25) is 0 Å². The van der Waals surface area contributed by atoms with E-state index in [9.17, 15) is 32.4 Å². The number of allylic oxidation sites excluding steroid dienone is 1. The highest BCUT2D eigenvalue weighted by molar-refractivity contribution is 7.91. The second-order valence-electron chi connectivity index (χ2n) is 16.3. The predicted molar refractivity (Wildman–Crippen MR) is 190 cm³/mol. The van der Waals surface area contributed by atoms with E-state index in [1.54, 1.807) is 9.80 Å². The number of urea groups is 1. The van der Waals surface area contributed by atoms with Gasteiger partial charge in [0, 0.05) is 32.0 Å². The summed E-state index contributed by atoms with van der Waals surface area (Å²) in [5, 5.41) is 5.08. The first kappa shape index (κ1) is 36.0. The number of fused-ring (bicyclic) bond motifs is 5. The summed E-state index contributed by atoms with van der Waals surface area (Å²) in [5.74, 6) is -2.35. The standard InChI is InChI=1S/C37H48N6O8S/c1-5-25-17-37(25,33(46)40-52(49,50)27-12-13-27)39-31(44)29-16-26-20-43(29)32(45)30(36(2,3)4)38-34(47)41-15-14-22(18-41)8-6-9-23-10-7-11-24-19-42(21-28(23)24)35(48)51-26/h5-7,9-11,22,25-27,29-30H,1,8,12-21H2,2-4H3,(H,38,47)(H,39,44)(H,40,46)/t22-,25?,26+,29-,30+,37+/m0/s1.